The van der Waals surface area contributed by atoms with Crippen LogP contribution in [0.1, 0.15) is 33.3 Å². The molecule has 1 atom stereocenters. The van der Waals surface area contributed by atoms with Crippen LogP contribution < -0.4 is 4.31 Å². The molecule has 0 radical (unpaired) electrons. The number of benzene rings is 2. The van der Waals surface area contributed by atoms with Crippen LogP contribution in [0.3, 0.4) is 0 Å². The van der Waals surface area contributed by atoms with E-state index in [4.69, 9.17) is 4.74 Å². The van der Waals surface area contributed by atoms with Crippen LogP contribution in [-0.4, -0.2) is 49.3 Å². The van der Waals surface area contributed by atoms with Gasteiger partial charge in [0, 0.05) is 17.0 Å². The molecule has 29 heavy (non-hydrogen) atoms. The Labute approximate surface area is 167 Å². The van der Waals surface area contributed by atoms with Gasteiger partial charge in [0.1, 0.15) is 0 Å². The fourth-order valence-electron chi connectivity index (χ4n) is 3.68. The number of carbonyl (C=O) groups is 2. The molecule has 0 saturated heterocycles. The van der Waals surface area contributed by atoms with E-state index >= 15 is 0 Å². The number of carbonyl (C=O) groups excluding carboxylic acids is 2. The molecule has 2 aromatic carbocycles. The predicted octanol–water partition coefficient (Wildman–Crippen LogP) is 2.31. The van der Waals surface area contributed by atoms with Gasteiger partial charge in [0.15, 0.2) is 18.1 Å². The van der Waals surface area contributed by atoms with Crippen molar-refractivity contribution >= 4 is 38.4 Å². The summed E-state index contributed by atoms with van der Waals surface area (Å²) in [6.45, 7) is 1.39. The molecule has 0 saturated carbocycles. The van der Waals surface area contributed by atoms with Gasteiger partial charge in [-0.3, -0.25) is 14.2 Å². The standard InChI is InChI=1S/C20H19N3O5S/c1-12-9-14-10-13(7-8-17(14)23(12)29(2,26)27)18(24)11-28-20(25)19-15-5-3-4-6-16(15)21-22-19/h3-8,10,12H,9,11H2,1-2H3,(H,21,22)/t12-/m1/s1. The lowest BCUT2D eigenvalue weighted by atomic mass is 10.0. The number of aromatic amines is 1. The fraction of sp³-hybridized carbons (Fsp3) is 0.250. The lowest BCUT2D eigenvalue weighted by Gasteiger charge is -2.21. The van der Waals surface area contributed by atoms with Gasteiger partial charge in [0.05, 0.1) is 17.5 Å². The Kier molecular flexibility index (Phi) is 4.62. The predicted molar refractivity (Wildman–Crippen MR) is 108 cm³/mol. The number of para-hydroxylation sites is 1. The maximum atomic E-state index is 12.5. The van der Waals surface area contributed by atoms with Crippen molar-refractivity contribution in [1.82, 2.24) is 10.2 Å². The second-order valence-corrected chi connectivity index (χ2v) is 8.93. The Bertz CT molecular complexity index is 1230. The van der Waals surface area contributed by atoms with Crippen molar-refractivity contribution in [3.63, 3.8) is 0 Å². The van der Waals surface area contributed by atoms with Crippen LogP contribution in [0.5, 0.6) is 0 Å². The summed E-state index contributed by atoms with van der Waals surface area (Å²) in [4.78, 5) is 24.8. The number of Topliss-reactive ketones (excluding diaryl/α,β-unsaturated/α-hetero) is 1. The third-order valence-electron chi connectivity index (χ3n) is 4.91. The maximum absolute atomic E-state index is 12.5. The van der Waals surface area contributed by atoms with Gasteiger partial charge in [-0.15, -0.1) is 0 Å². The topological polar surface area (TPSA) is 109 Å². The number of hydrogen-bond donors (Lipinski definition) is 1. The molecule has 3 aromatic rings. The largest absolute Gasteiger partial charge is 0.452 e. The molecule has 0 spiro atoms. The van der Waals surface area contributed by atoms with Gasteiger partial charge < -0.3 is 4.74 Å². The summed E-state index contributed by atoms with van der Waals surface area (Å²) < 4.78 is 30.5. The second kappa shape index (κ2) is 7.00. The number of aromatic nitrogens is 2. The van der Waals surface area contributed by atoms with Crippen molar-refractivity contribution in [2.75, 3.05) is 17.2 Å². The number of rotatable bonds is 5. The van der Waals surface area contributed by atoms with E-state index in [1.165, 1.54) is 4.31 Å². The van der Waals surface area contributed by atoms with E-state index in [-0.39, 0.29) is 17.5 Å². The van der Waals surface area contributed by atoms with Gasteiger partial charge in [-0.05, 0) is 43.2 Å². The minimum atomic E-state index is -3.39. The van der Waals surface area contributed by atoms with Crippen LogP contribution in [0.4, 0.5) is 5.69 Å². The first-order chi connectivity index (χ1) is 13.8. The maximum Gasteiger partial charge on any atom is 0.359 e. The normalized spacial score (nSPS) is 16.1. The Morgan fingerprint density at radius 1 is 1.24 bits per heavy atom. The Balaban J connectivity index is 1.49. The fourth-order valence-corrected chi connectivity index (χ4v) is 4.95. The molecule has 0 unspecified atom stereocenters. The van der Waals surface area contributed by atoms with Crippen molar-refractivity contribution in [3.8, 4) is 0 Å². The molecule has 4 rings (SSSR count). The summed E-state index contributed by atoms with van der Waals surface area (Å²) in [6, 6.07) is 11.8. The van der Waals surface area contributed by atoms with E-state index in [0.717, 1.165) is 11.8 Å². The van der Waals surface area contributed by atoms with E-state index in [0.29, 0.717) is 28.6 Å². The Hall–Kier alpha value is -3.20. The van der Waals surface area contributed by atoms with Gasteiger partial charge in [-0.25, -0.2) is 13.2 Å². The second-order valence-electron chi connectivity index (χ2n) is 7.07. The summed E-state index contributed by atoms with van der Waals surface area (Å²) in [5, 5.41) is 7.33. The van der Waals surface area contributed by atoms with E-state index in [1.807, 2.05) is 13.0 Å². The van der Waals surface area contributed by atoms with Crippen LogP contribution in [0.2, 0.25) is 0 Å². The highest BCUT2D eigenvalue weighted by molar-refractivity contribution is 7.92. The molecule has 9 heteroatoms. The summed E-state index contributed by atoms with van der Waals surface area (Å²) in [5.41, 5.74) is 2.55. The smallest absolute Gasteiger partial charge is 0.359 e. The first kappa shape index (κ1) is 19.1. The first-order valence-corrected chi connectivity index (χ1v) is 10.9. The van der Waals surface area contributed by atoms with Crippen molar-refractivity contribution in [1.29, 1.82) is 0 Å². The molecule has 1 aromatic heterocycles. The molecule has 8 nitrogen and oxygen atoms in total. The molecular weight excluding hydrogens is 394 g/mol. The van der Waals surface area contributed by atoms with Gasteiger partial charge in [0.2, 0.25) is 10.0 Å². The highest BCUT2D eigenvalue weighted by Gasteiger charge is 2.32. The number of hydrogen-bond acceptors (Lipinski definition) is 6. The molecule has 0 bridgehead atoms. The average molecular weight is 413 g/mol. The molecule has 150 valence electrons. The lowest BCUT2D eigenvalue weighted by Crippen LogP contribution is -2.34. The van der Waals surface area contributed by atoms with Gasteiger partial charge in [-0.1, -0.05) is 18.2 Å². The van der Waals surface area contributed by atoms with Crippen LogP contribution in [0.25, 0.3) is 10.9 Å². The monoisotopic (exact) mass is 413 g/mol. The number of esters is 1. The average Bonchev–Trinajstić information content (AvgIpc) is 3.24. The minimum Gasteiger partial charge on any atom is -0.452 e. The van der Waals surface area contributed by atoms with Crippen molar-refractivity contribution in [2.45, 2.75) is 19.4 Å². The van der Waals surface area contributed by atoms with Crippen LogP contribution in [0.15, 0.2) is 42.5 Å². The van der Waals surface area contributed by atoms with Gasteiger partial charge >= 0.3 is 5.97 Å². The molecule has 0 aliphatic carbocycles. The van der Waals surface area contributed by atoms with Crippen LogP contribution >= 0.6 is 0 Å². The molecule has 1 aliphatic rings. The quantitative estimate of drug-likeness (QED) is 0.508. The third-order valence-corrected chi connectivity index (χ3v) is 6.18. The number of ketones is 1. The van der Waals surface area contributed by atoms with E-state index in [2.05, 4.69) is 10.2 Å². The van der Waals surface area contributed by atoms with Crippen LogP contribution in [-0.2, 0) is 21.2 Å². The molecule has 1 N–H and O–H groups in total. The number of ether oxygens (including phenoxy) is 1. The zero-order valence-electron chi connectivity index (χ0n) is 15.9. The summed E-state index contributed by atoms with van der Waals surface area (Å²) in [6.07, 6.45) is 1.68. The van der Waals surface area contributed by atoms with Crippen molar-refractivity contribution < 1.29 is 22.7 Å². The number of sulfonamides is 1. The number of nitrogens with one attached hydrogen (secondary N) is 1. The Morgan fingerprint density at radius 3 is 2.76 bits per heavy atom. The summed E-state index contributed by atoms with van der Waals surface area (Å²) >= 11 is 0. The third kappa shape index (κ3) is 3.49. The summed E-state index contributed by atoms with van der Waals surface area (Å²) in [5.74, 6) is -1.06. The zero-order chi connectivity index (χ0) is 20.8. The van der Waals surface area contributed by atoms with E-state index in [9.17, 15) is 18.0 Å². The lowest BCUT2D eigenvalue weighted by molar-refractivity contribution is 0.0471. The highest BCUT2D eigenvalue weighted by atomic mass is 32.2. The minimum absolute atomic E-state index is 0.125. The number of fused-ring (bicyclic) bond motifs is 2. The van der Waals surface area contributed by atoms with E-state index in [1.54, 1.807) is 36.4 Å². The molecule has 1 aliphatic heterocycles. The number of anilines is 1. The number of H-pyrrole nitrogens is 1. The molecular formula is C20H19N3O5S. The number of nitrogens with zero attached hydrogens (tertiary/aromatic N) is 2. The molecule has 2 heterocycles. The van der Waals surface area contributed by atoms with Crippen molar-refractivity contribution in [2.24, 2.45) is 0 Å². The van der Waals surface area contributed by atoms with Crippen molar-refractivity contribution in [3.05, 3.63) is 59.3 Å². The first-order valence-electron chi connectivity index (χ1n) is 9.01. The SMILES string of the molecule is C[C@@H]1Cc2cc(C(=O)COC(=O)c3n[nH]c4ccccc34)ccc2N1S(C)(=O)=O. The molecule has 0 fully saturated rings. The van der Waals surface area contributed by atoms with E-state index < -0.39 is 22.6 Å². The zero-order valence-corrected chi connectivity index (χ0v) is 16.7. The van der Waals surface area contributed by atoms with Gasteiger partial charge in [0.25, 0.3) is 0 Å². The summed E-state index contributed by atoms with van der Waals surface area (Å²) in [7, 11) is -3.39. The molecule has 0 amide bonds. The van der Waals surface area contributed by atoms with Crippen LogP contribution in [0, 0.1) is 0 Å². The van der Waals surface area contributed by atoms with Gasteiger partial charge in [-0.2, -0.15) is 5.10 Å². The Morgan fingerprint density at radius 2 is 2.00 bits per heavy atom. The highest BCUT2D eigenvalue weighted by Crippen LogP contribution is 2.34.